The van der Waals surface area contributed by atoms with Crippen molar-refractivity contribution in [3.63, 3.8) is 0 Å². The van der Waals surface area contributed by atoms with Crippen molar-refractivity contribution in [2.45, 2.75) is 49.8 Å². The minimum atomic E-state index is 0.214. The summed E-state index contributed by atoms with van der Waals surface area (Å²) in [4.78, 5) is 0. The fourth-order valence-corrected chi connectivity index (χ4v) is 5.00. The lowest BCUT2D eigenvalue weighted by atomic mass is 9.49. The highest BCUT2D eigenvalue weighted by atomic mass is 35.5. The molecular formula is C13H17ClN2O. The van der Waals surface area contributed by atoms with Gasteiger partial charge < -0.3 is 4.42 Å². The van der Waals surface area contributed by atoms with Crippen molar-refractivity contribution in [3.05, 3.63) is 11.8 Å². The molecule has 17 heavy (non-hydrogen) atoms. The smallest absolute Gasteiger partial charge is 0.231 e. The lowest BCUT2D eigenvalue weighted by Crippen LogP contribution is -2.48. The maximum absolute atomic E-state index is 5.76. The first-order valence-corrected chi connectivity index (χ1v) is 7.20. The monoisotopic (exact) mass is 252 g/mol. The zero-order chi connectivity index (χ0) is 11.5. The summed E-state index contributed by atoms with van der Waals surface area (Å²) in [6.07, 6.45) is 8.12. The molecule has 1 aromatic heterocycles. The van der Waals surface area contributed by atoms with Crippen LogP contribution >= 0.6 is 11.6 Å². The van der Waals surface area contributed by atoms with Gasteiger partial charge in [0.1, 0.15) is 5.88 Å². The molecule has 4 bridgehead atoms. The van der Waals surface area contributed by atoms with Gasteiger partial charge in [-0.05, 0) is 56.3 Å². The first kappa shape index (κ1) is 10.4. The zero-order valence-electron chi connectivity index (χ0n) is 9.86. The molecule has 0 atom stereocenters. The Balaban J connectivity index is 1.72. The van der Waals surface area contributed by atoms with Gasteiger partial charge in [-0.15, -0.1) is 21.8 Å². The Morgan fingerprint density at radius 3 is 2.12 bits per heavy atom. The Kier molecular flexibility index (Phi) is 2.11. The van der Waals surface area contributed by atoms with E-state index < -0.39 is 0 Å². The summed E-state index contributed by atoms with van der Waals surface area (Å²) in [5.41, 5.74) is 0.214. The van der Waals surface area contributed by atoms with Crippen molar-refractivity contribution >= 4 is 11.6 Å². The van der Waals surface area contributed by atoms with E-state index in [1.54, 1.807) is 0 Å². The van der Waals surface area contributed by atoms with Crippen LogP contribution in [0.15, 0.2) is 4.42 Å². The van der Waals surface area contributed by atoms with Crippen LogP contribution in [-0.4, -0.2) is 10.2 Å². The molecule has 0 radical (unpaired) electrons. The maximum Gasteiger partial charge on any atom is 0.231 e. The molecule has 4 aliphatic carbocycles. The van der Waals surface area contributed by atoms with Crippen LogP contribution in [0.2, 0.25) is 0 Å². The van der Waals surface area contributed by atoms with E-state index in [0.29, 0.717) is 11.8 Å². The third kappa shape index (κ3) is 1.48. The highest BCUT2D eigenvalue weighted by Gasteiger charge is 2.54. The lowest BCUT2D eigenvalue weighted by molar-refractivity contribution is -0.0181. The number of hydrogen-bond acceptors (Lipinski definition) is 3. The van der Waals surface area contributed by atoms with Crippen LogP contribution in [0, 0.1) is 17.8 Å². The molecular weight excluding hydrogens is 236 g/mol. The molecule has 0 aliphatic heterocycles. The van der Waals surface area contributed by atoms with E-state index in [0.717, 1.165) is 23.6 Å². The van der Waals surface area contributed by atoms with Crippen molar-refractivity contribution < 1.29 is 4.42 Å². The lowest BCUT2D eigenvalue weighted by Gasteiger charge is -2.55. The third-order valence-corrected chi connectivity index (χ3v) is 5.30. The Labute approximate surface area is 106 Å². The van der Waals surface area contributed by atoms with Crippen molar-refractivity contribution in [2.75, 3.05) is 0 Å². The molecule has 0 aromatic carbocycles. The van der Waals surface area contributed by atoms with Crippen molar-refractivity contribution in [2.24, 2.45) is 17.8 Å². The summed E-state index contributed by atoms with van der Waals surface area (Å²) < 4.78 is 5.76. The van der Waals surface area contributed by atoms with Crippen LogP contribution < -0.4 is 0 Å². The number of halogens is 1. The molecule has 1 aromatic rings. The summed E-state index contributed by atoms with van der Waals surface area (Å²) in [5, 5.41) is 8.32. The second-order valence-corrected chi connectivity index (χ2v) is 6.60. The largest absolute Gasteiger partial charge is 0.423 e. The molecule has 92 valence electrons. The van der Waals surface area contributed by atoms with Crippen LogP contribution in [-0.2, 0) is 11.3 Å². The summed E-state index contributed by atoms with van der Waals surface area (Å²) in [6, 6.07) is 0. The quantitative estimate of drug-likeness (QED) is 0.759. The van der Waals surface area contributed by atoms with Crippen LogP contribution in [0.3, 0.4) is 0 Å². The first-order valence-electron chi connectivity index (χ1n) is 6.66. The number of aromatic nitrogens is 2. The van der Waals surface area contributed by atoms with E-state index in [4.69, 9.17) is 16.0 Å². The van der Waals surface area contributed by atoms with Gasteiger partial charge in [0.2, 0.25) is 11.8 Å². The average Bonchev–Trinajstić information content (AvgIpc) is 2.76. The standard InChI is InChI=1S/C13H17ClN2O/c14-7-11-15-16-12(17-11)13-4-8-1-9(5-13)3-10(2-8)6-13/h8-10H,1-7H2. The fourth-order valence-electron chi connectivity index (χ4n) is 4.89. The third-order valence-electron chi connectivity index (χ3n) is 5.07. The molecule has 0 saturated heterocycles. The molecule has 0 N–H and O–H groups in total. The number of rotatable bonds is 2. The summed E-state index contributed by atoms with van der Waals surface area (Å²) in [5.74, 6) is 4.52. The number of alkyl halides is 1. The second-order valence-electron chi connectivity index (χ2n) is 6.33. The Hall–Kier alpha value is -0.570. The van der Waals surface area contributed by atoms with Crippen molar-refractivity contribution in [1.82, 2.24) is 10.2 Å². The summed E-state index contributed by atoms with van der Waals surface area (Å²) in [6.45, 7) is 0. The van der Waals surface area contributed by atoms with Gasteiger partial charge in [-0.3, -0.25) is 0 Å². The molecule has 1 heterocycles. The van der Waals surface area contributed by atoms with Gasteiger partial charge >= 0.3 is 0 Å². The maximum atomic E-state index is 5.76. The molecule has 0 spiro atoms. The summed E-state index contributed by atoms with van der Waals surface area (Å²) >= 11 is 5.75. The fraction of sp³-hybridized carbons (Fsp3) is 0.846. The molecule has 3 nitrogen and oxygen atoms in total. The Morgan fingerprint density at radius 2 is 1.65 bits per heavy atom. The predicted molar refractivity (Wildman–Crippen MR) is 63.7 cm³/mol. The van der Waals surface area contributed by atoms with Gasteiger partial charge in [0.25, 0.3) is 0 Å². The molecule has 0 amide bonds. The first-order chi connectivity index (χ1) is 8.27. The van der Waals surface area contributed by atoms with Gasteiger partial charge in [0.15, 0.2) is 0 Å². The van der Waals surface area contributed by atoms with E-state index in [-0.39, 0.29) is 5.41 Å². The van der Waals surface area contributed by atoms with E-state index in [2.05, 4.69) is 10.2 Å². The normalized spacial score (nSPS) is 43.2. The topological polar surface area (TPSA) is 38.9 Å². The zero-order valence-corrected chi connectivity index (χ0v) is 10.6. The molecule has 4 aliphatic rings. The molecule has 4 heteroatoms. The van der Waals surface area contributed by atoms with Crippen LogP contribution in [0.25, 0.3) is 0 Å². The van der Waals surface area contributed by atoms with E-state index in [9.17, 15) is 0 Å². The highest BCUT2D eigenvalue weighted by molar-refractivity contribution is 6.16. The van der Waals surface area contributed by atoms with Gasteiger partial charge in [0, 0.05) is 5.41 Å². The molecule has 0 unspecified atom stereocenters. The minimum Gasteiger partial charge on any atom is -0.423 e. The Morgan fingerprint density at radius 1 is 1.06 bits per heavy atom. The molecule has 4 saturated carbocycles. The van der Waals surface area contributed by atoms with Crippen molar-refractivity contribution in [3.8, 4) is 0 Å². The SMILES string of the molecule is ClCc1nnc(C23CC4CC(CC(C4)C2)C3)o1. The van der Waals surface area contributed by atoms with Gasteiger partial charge in [-0.2, -0.15) is 0 Å². The van der Waals surface area contributed by atoms with Crippen LogP contribution in [0.1, 0.15) is 50.3 Å². The predicted octanol–water partition coefficient (Wildman–Crippen LogP) is 3.28. The van der Waals surface area contributed by atoms with E-state index in [1.807, 2.05) is 0 Å². The van der Waals surface area contributed by atoms with Gasteiger partial charge in [-0.1, -0.05) is 0 Å². The molecule has 5 rings (SSSR count). The number of hydrogen-bond donors (Lipinski definition) is 0. The van der Waals surface area contributed by atoms with E-state index in [1.165, 1.54) is 38.5 Å². The average molecular weight is 253 g/mol. The van der Waals surface area contributed by atoms with Crippen molar-refractivity contribution in [1.29, 1.82) is 0 Å². The highest BCUT2D eigenvalue weighted by Crippen LogP contribution is 2.60. The van der Waals surface area contributed by atoms with Gasteiger partial charge in [0.05, 0.1) is 0 Å². The van der Waals surface area contributed by atoms with Crippen LogP contribution in [0.4, 0.5) is 0 Å². The molecule has 4 fully saturated rings. The summed E-state index contributed by atoms with van der Waals surface area (Å²) in [7, 11) is 0. The van der Waals surface area contributed by atoms with E-state index >= 15 is 0 Å². The second kappa shape index (κ2) is 3.47. The number of nitrogens with zero attached hydrogens (tertiary/aromatic N) is 2. The minimum absolute atomic E-state index is 0.214. The Bertz CT molecular complexity index is 407. The van der Waals surface area contributed by atoms with Crippen LogP contribution in [0.5, 0.6) is 0 Å². The van der Waals surface area contributed by atoms with Gasteiger partial charge in [-0.25, -0.2) is 0 Å².